The zero-order valence-corrected chi connectivity index (χ0v) is 16.2. The van der Waals surface area contributed by atoms with Crippen LogP contribution in [0.25, 0.3) is 10.8 Å². The van der Waals surface area contributed by atoms with E-state index < -0.39 is 0 Å². The number of urea groups is 1. The molecule has 0 radical (unpaired) electrons. The maximum atomic E-state index is 11.0. The molecule has 3 rings (SSSR count). The first-order valence-corrected chi connectivity index (χ1v) is 9.39. The first-order chi connectivity index (χ1) is 12.7. The van der Waals surface area contributed by atoms with Gasteiger partial charge in [0.1, 0.15) is 0 Å². The third kappa shape index (κ3) is 7.23. The summed E-state index contributed by atoms with van der Waals surface area (Å²) in [6, 6.07) is 14.8. The summed E-state index contributed by atoms with van der Waals surface area (Å²) in [6.07, 6.45) is 3.27. The molecule has 0 aliphatic carbocycles. The van der Waals surface area contributed by atoms with Crippen molar-refractivity contribution in [1.29, 1.82) is 5.41 Å². The highest BCUT2D eigenvalue weighted by atomic mass is 16.2. The molecular formula is C21H32N4O. The van der Waals surface area contributed by atoms with Crippen LogP contribution in [-0.2, 0) is 6.42 Å². The largest absolute Gasteiger partial charge is 0.322 e. The van der Waals surface area contributed by atoms with Gasteiger partial charge in [-0.1, -0.05) is 69.7 Å². The molecule has 1 saturated heterocycles. The van der Waals surface area contributed by atoms with Crippen LogP contribution < -0.4 is 10.6 Å². The summed E-state index contributed by atoms with van der Waals surface area (Å²) in [6.45, 7) is 9.57. The van der Waals surface area contributed by atoms with Gasteiger partial charge in [-0.05, 0) is 22.8 Å². The Balaban J connectivity index is 0.000000227. The van der Waals surface area contributed by atoms with E-state index in [9.17, 15) is 4.79 Å². The summed E-state index contributed by atoms with van der Waals surface area (Å²) in [5.41, 5.74) is 1.44. The van der Waals surface area contributed by atoms with E-state index in [0.29, 0.717) is 0 Å². The molecule has 5 nitrogen and oxygen atoms in total. The number of piperazine rings is 1. The lowest BCUT2D eigenvalue weighted by Crippen LogP contribution is -2.49. The molecule has 0 bridgehead atoms. The van der Waals surface area contributed by atoms with Crippen LogP contribution in [0.15, 0.2) is 42.5 Å². The second-order valence-corrected chi connectivity index (χ2v) is 6.03. The molecule has 142 valence electrons. The van der Waals surface area contributed by atoms with Gasteiger partial charge in [-0.3, -0.25) is 10.7 Å². The van der Waals surface area contributed by atoms with Gasteiger partial charge < -0.3 is 10.2 Å². The van der Waals surface area contributed by atoms with Crippen molar-refractivity contribution in [3.05, 3.63) is 48.0 Å². The molecule has 2 aromatic carbocycles. The summed E-state index contributed by atoms with van der Waals surface area (Å²) in [5, 5.41) is 14.8. The predicted octanol–water partition coefficient (Wildman–Crippen LogP) is 4.03. The van der Waals surface area contributed by atoms with Gasteiger partial charge in [0.2, 0.25) is 0 Å². The summed E-state index contributed by atoms with van der Waals surface area (Å²) < 4.78 is 0. The topological polar surface area (TPSA) is 68.2 Å². The lowest BCUT2D eigenvalue weighted by atomic mass is 10.0. The van der Waals surface area contributed by atoms with Crippen molar-refractivity contribution in [3.63, 3.8) is 0 Å². The number of amides is 2. The number of benzene rings is 2. The fourth-order valence-electron chi connectivity index (χ4n) is 2.62. The van der Waals surface area contributed by atoms with Gasteiger partial charge in [-0.15, -0.1) is 0 Å². The molecule has 5 heteroatoms. The minimum absolute atomic E-state index is 0.179. The molecule has 0 spiro atoms. The van der Waals surface area contributed by atoms with E-state index in [1.54, 1.807) is 4.90 Å². The molecule has 3 N–H and O–H groups in total. The minimum atomic E-state index is -0.179. The number of hydrogen-bond donors (Lipinski definition) is 3. The van der Waals surface area contributed by atoms with Crippen LogP contribution in [0, 0.1) is 5.41 Å². The van der Waals surface area contributed by atoms with Crippen molar-refractivity contribution in [2.75, 3.05) is 26.2 Å². The second-order valence-electron chi connectivity index (χ2n) is 6.03. The average Bonchev–Trinajstić information content (AvgIpc) is 2.69. The lowest BCUT2D eigenvalue weighted by Gasteiger charge is -2.26. The summed E-state index contributed by atoms with van der Waals surface area (Å²) in [4.78, 5) is 12.7. The number of nitrogens with one attached hydrogen (secondary N) is 3. The lowest BCUT2D eigenvalue weighted by molar-refractivity contribution is 0.195. The highest BCUT2D eigenvalue weighted by Gasteiger charge is 2.14. The molecule has 0 unspecified atom stereocenters. The Kier molecular flexibility index (Phi) is 10.7. The predicted molar refractivity (Wildman–Crippen MR) is 111 cm³/mol. The standard InChI is InChI=1S/C12H12.C6H12N4O.C3H8/c1-2-10-7-5-8-11-6-3-4-9-12(10)11;7-5-9-6(11)10-3-1-8-2-4-10;1-3-2/h3-9H,2H2,1H3;5,8H,1-4H2,(H2,7,9,11);3H2,1-2H3. The Morgan fingerprint density at radius 3 is 2.35 bits per heavy atom. The van der Waals surface area contributed by atoms with Crippen molar-refractivity contribution in [3.8, 4) is 0 Å². The molecule has 0 atom stereocenters. The zero-order chi connectivity index (χ0) is 19.2. The third-order valence-corrected chi connectivity index (χ3v) is 3.86. The van der Waals surface area contributed by atoms with Crippen molar-refractivity contribution in [2.24, 2.45) is 0 Å². The van der Waals surface area contributed by atoms with E-state index in [2.05, 4.69) is 73.9 Å². The Morgan fingerprint density at radius 2 is 1.73 bits per heavy atom. The number of rotatable bonds is 2. The normalized spacial score (nSPS) is 13.0. The van der Waals surface area contributed by atoms with E-state index in [-0.39, 0.29) is 6.03 Å². The van der Waals surface area contributed by atoms with Gasteiger partial charge in [0, 0.05) is 26.2 Å². The first kappa shape index (κ1) is 21.6. The van der Waals surface area contributed by atoms with E-state index in [0.717, 1.165) is 38.9 Å². The number of hydrogen-bond acceptors (Lipinski definition) is 3. The Labute approximate surface area is 157 Å². The van der Waals surface area contributed by atoms with Crippen LogP contribution in [0.3, 0.4) is 0 Å². The van der Waals surface area contributed by atoms with Crippen molar-refractivity contribution in [2.45, 2.75) is 33.6 Å². The molecule has 1 aliphatic rings. The number of nitrogens with zero attached hydrogens (tertiary/aromatic N) is 1. The first-order valence-electron chi connectivity index (χ1n) is 9.39. The Hall–Kier alpha value is -2.40. The molecule has 1 fully saturated rings. The van der Waals surface area contributed by atoms with Gasteiger partial charge in [-0.2, -0.15) is 0 Å². The van der Waals surface area contributed by atoms with Gasteiger partial charge in [-0.25, -0.2) is 4.79 Å². The van der Waals surface area contributed by atoms with Crippen molar-refractivity contribution < 1.29 is 4.79 Å². The van der Waals surface area contributed by atoms with Crippen LogP contribution in [-0.4, -0.2) is 43.4 Å². The minimum Gasteiger partial charge on any atom is -0.322 e. The SMILES string of the molecule is CCC.CCc1cccc2ccccc12.N=CNC(=O)N1CCNCC1. The number of fused-ring (bicyclic) bond motifs is 1. The molecule has 2 amide bonds. The van der Waals surface area contributed by atoms with E-state index in [1.807, 2.05) is 0 Å². The highest BCUT2D eigenvalue weighted by molar-refractivity contribution is 5.86. The highest BCUT2D eigenvalue weighted by Crippen LogP contribution is 2.18. The van der Waals surface area contributed by atoms with Gasteiger partial charge in [0.15, 0.2) is 0 Å². The molecule has 1 aliphatic heterocycles. The van der Waals surface area contributed by atoms with Gasteiger partial charge in [0.05, 0.1) is 6.34 Å². The fraction of sp³-hybridized carbons (Fsp3) is 0.429. The van der Waals surface area contributed by atoms with Crippen molar-refractivity contribution >= 4 is 23.1 Å². The van der Waals surface area contributed by atoms with Crippen molar-refractivity contribution in [1.82, 2.24) is 15.5 Å². The van der Waals surface area contributed by atoms with Crippen LogP contribution in [0.1, 0.15) is 32.8 Å². The molecule has 26 heavy (non-hydrogen) atoms. The van der Waals surface area contributed by atoms with Crippen LogP contribution in [0.2, 0.25) is 0 Å². The maximum Gasteiger partial charge on any atom is 0.322 e. The van der Waals surface area contributed by atoms with E-state index in [4.69, 9.17) is 5.41 Å². The zero-order valence-electron chi connectivity index (χ0n) is 16.2. The maximum absolute atomic E-state index is 11.0. The fourth-order valence-corrected chi connectivity index (χ4v) is 2.62. The monoisotopic (exact) mass is 356 g/mol. The summed E-state index contributed by atoms with van der Waals surface area (Å²) in [7, 11) is 0. The quantitative estimate of drug-likeness (QED) is 0.562. The Morgan fingerprint density at radius 1 is 1.12 bits per heavy atom. The van der Waals surface area contributed by atoms with E-state index >= 15 is 0 Å². The smallest absolute Gasteiger partial charge is 0.322 e. The van der Waals surface area contributed by atoms with E-state index in [1.165, 1.54) is 22.8 Å². The molecule has 0 aromatic heterocycles. The van der Waals surface area contributed by atoms with Crippen LogP contribution in [0.4, 0.5) is 4.79 Å². The summed E-state index contributed by atoms with van der Waals surface area (Å²) >= 11 is 0. The molecular weight excluding hydrogens is 324 g/mol. The molecule has 2 aromatic rings. The number of aryl methyl sites for hydroxylation is 1. The summed E-state index contributed by atoms with van der Waals surface area (Å²) in [5.74, 6) is 0. The number of carbonyl (C=O) groups is 1. The molecule has 0 saturated carbocycles. The number of carbonyl (C=O) groups excluding carboxylic acids is 1. The van der Waals surface area contributed by atoms with Gasteiger partial charge >= 0.3 is 6.03 Å². The Bertz CT molecular complexity index is 661. The molecule has 1 heterocycles. The van der Waals surface area contributed by atoms with Gasteiger partial charge in [0.25, 0.3) is 0 Å². The van der Waals surface area contributed by atoms with Crippen LogP contribution in [0.5, 0.6) is 0 Å². The second kappa shape index (κ2) is 12.9. The average molecular weight is 357 g/mol. The third-order valence-electron chi connectivity index (χ3n) is 3.86. The van der Waals surface area contributed by atoms with Crippen LogP contribution >= 0.6 is 0 Å².